The number of aromatic nitrogens is 3. The van der Waals surface area contributed by atoms with Crippen LogP contribution in [-0.2, 0) is 6.54 Å². The first-order valence-corrected chi connectivity index (χ1v) is 7.22. The number of benzene rings is 2. The van der Waals surface area contributed by atoms with E-state index in [2.05, 4.69) is 15.4 Å². The van der Waals surface area contributed by atoms with Crippen LogP contribution in [0.3, 0.4) is 0 Å². The van der Waals surface area contributed by atoms with Crippen molar-refractivity contribution >= 4 is 34.8 Å². The van der Waals surface area contributed by atoms with Gasteiger partial charge in [0.05, 0.1) is 16.6 Å². The second kappa shape index (κ2) is 6.34. The number of rotatable bonds is 4. The molecule has 0 radical (unpaired) electrons. The Labute approximate surface area is 136 Å². The molecule has 1 aromatic heterocycles. The lowest BCUT2D eigenvalue weighted by atomic mass is 10.2. The SMILES string of the molecule is Fc1c(Cl)cc(Nc2ncnn2Cc2ccccc2)cc1Cl. The molecule has 0 unspecified atom stereocenters. The zero-order valence-corrected chi connectivity index (χ0v) is 12.8. The third-order valence-corrected chi connectivity index (χ3v) is 3.58. The van der Waals surface area contributed by atoms with Crippen molar-refractivity contribution < 1.29 is 4.39 Å². The van der Waals surface area contributed by atoms with Crippen molar-refractivity contribution in [2.45, 2.75) is 6.54 Å². The Bertz CT molecular complexity index is 766. The van der Waals surface area contributed by atoms with Crippen molar-refractivity contribution in [3.63, 3.8) is 0 Å². The largest absolute Gasteiger partial charge is 0.324 e. The van der Waals surface area contributed by atoms with Crippen molar-refractivity contribution in [1.29, 1.82) is 0 Å². The maximum atomic E-state index is 13.4. The fourth-order valence-corrected chi connectivity index (χ4v) is 2.48. The summed E-state index contributed by atoms with van der Waals surface area (Å²) in [4.78, 5) is 4.15. The Hall–Kier alpha value is -2.11. The maximum absolute atomic E-state index is 13.4. The molecule has 3 aromatic rings. The molecule has 1 heterocycles. The molecule has 4 nitrogen and oxygen atoms in total. The van der Waals surface area contributed by atoms with Crippen LogP contribution in [0.15, 0.2) is 48.8 Å². The predicted octanol–water partition coefficient (Wildman–Crippen LogP) is 4.52. The minimum Gasteiger partial charge on any atom is -0.324 e. The molecule has 0 aliphatic heterocycles. The Kier molecular flexibility index (Phi) is 4.27. The smallest absolute Gasteiger partial charge is 0.225 e. The normalized spacial score (nSPS) is 10.7. The van der Waals surface area contributed by atoms with Gasteiger partial charge in [0, 0.05) is 5.69 Å². The topological polar surface area (TPSA) is 42.7 Å². The summed E-state index contributed by atoms with van der Waals surface area (Å²) in [6.07, 6.45) is 1.44. The molecule has 22 heavy (non-hydrogen) atoms. The lowest BCUT2D eigenvalue weighted by Crippen LogP contribution is -2.06. The number of anilines is 2. The average Bonchev–Trinajstić information content (AvgIpc) is 2.93. The van der Waals surface area contributed by atoms with Gasteiger partial charge in [-0.2, -0.15) is 10.1 Å². The van der Waals surface area contributed by atoms with Gasteiger partial charge in [-0.3, -0.25) is 0 Å². The predicted molar refractivity (Wildman–Crippen MR) is 85.3 cm³/mol. The standard InChI is InChI=1S/C15H11Cl2FN4/c16-12-6-11(7-13(17)14(12)18)21-15-19-9-20-22(15)8-10-4-2-1-3-5-10/h1-7,9H,8H2,(H,19,20,21). The van der Waals surface area contributed by atoms with Crippen LogP contribution in [0.5, 0.6) is 0 Å². The van der Waals surface area contributed by atoms with Crippen LogP contribution in [0.1, 0.15) is 5.56 Å². The van der Waals surface area contributed by atoms with Crippen molar-refractivity contribution in [2.24, 2.45) is 0 Å². The van der Waals surface area contributed by atoms with Gasteiger partial charge < -0.3 is 5.32 Å². The molecule has 2 aromatic carbocycles. The minimum absolute atomic E-state index is 0.0517. The molecule has 0 aliphatic carbocycles. The molecular formula is C15H11Cl2FN4. The van der Waals surface area contributed by atoms with E-state index < -0.39 is 5.82 Å². The van der Waals surface area contributed by atoms with Gasteiger partial charge in [0.1, 0.15) is 6.33 Å². The molecule has 0 amide bonds. The van der Waals surface area contributed by atoms with Gasteiger partial charge in [0.25, 0.3) is 0 Å². The number of halogens is 3. The fraction of sp³-hybridized carbons (Fsp3) is 0.0667. The summed E-state index contributed by atoms with van der Waals surface area (Å²) in [5.41, 5.74) is 1.63. The molecule has 1 N–H and O–H groups in total. The van der Waals surface area contributed by atoms with Crippen LogP contribution in [0.4, 0.5) is 16.0 Å². The van der Waals surface area contributed by atoms with Crippen LogP contribution >= 0.6 is 23.2 Å². The lowest BCUT2D eigenvalue weighted by molar-refractivity contribution is 0.629. The fourth-order valence-electron chi connectivity index (χ4n) is 1.99. The van der Waals surface area contributed by atoms with Gasteiger partial charge in [0.15, 0.2) is 5.82 Å². The molecule has 3 rings (SSSR count). The second-order valence-electron chi connectivity index (χ2n) is 4.61. The number of nitrogens with one attached hydrogen (secondary N) is 1. The first-order valence-electron chi connectivity index (χ1n) is 6.47. The molecule has 0 aliphatic rings. The molecule has 0 bridgehead atoms. The van der Waals surface area contributed by atoms with Crippen molar-refractivity contribution in [2.75, 3.05) is 5.32 Å². The van der Waals surface area contributed by atoms with E-state index in [0.717, 1.165) is 5.56 Å². The van der Waals surface area contributed by atoms with Crippen LogP contribution in [0, 0.1) is 5.82 Å². The molecule has 0 saturated carbocycles. The van der Waals surface area contributed by atoms with Crippen molar-refractivity contribution in [3.05, 3.63) is 70.2 Å². The molecule has 0 saturated heterocycles. The Balaban J connectivity index is 1.84. The lowest BCUT2D eigenvalue weighted by Gasteiger charge is -2.09. The van der Waals surface area contributed by atoms with E-state index in [1.54, 1.807) is 4.68 Å². The summed E-state index contributed by atoms with van der Waals surface area (Å²) >= 11 is 11.6. The van der Waals surface area contributed by atoms with Gasteiger partial charge in [-0.25, -0.2) is 9.07 Å². The molecule has 112 valence electrons. The molecule has 0 atom stereocenters. The van der Waals surface area contributed by atoms with Gasteiger partial charge in [-0.1, -0.05) is 53.5 Å². The Morgan fingerprint density at radius 2 is 1.77 bits per heavy atom. The summed E-state index contributed by atoms with van der Waals surface area (Å²) < 4.78 is 15.1. The third kappa shape index (κ3) is 3.21. The van der Waals surface area contributed by atoms with E-state index in [-0.39, 0.29) is 10.0 Å². The highest BCUT2D eigenvalue weighted by Crippen LogP contribution is 2.28. The van der Waals surface area contributed by atoms with Crippen molar-refractivity contribution in [3.8, 4) is 0 Å². The Morgan fingerprint density at radius 3 is 2.45 bits per heavy atom. The molecular weight excluding hydrogens is 326 g/mol. The maximum Gasteiger partial charge on any atom is 0.225 e. The van der Waals surface area contributed by atoms with Gasteiger partial charge >= 0.3 is 0 Å². The zero-order chi connectivity index (χ0) is 15.5. The summed E-state index contributed by atoms with van der Waals surface area (Å²) in [5, 5.41) is 7.11. The highest BCUT2D eigenvalue weighted by molar-refractivity contribution is 6.35. The monoisotopic (exact) mass is 336 g/mol. The Morgan fingerprint density at radius 1 is 1.09 bits per heavy atom. The molecule has 0 fully saturated rings. The highest BCUT2D eigenvalue weighted by atomic mass is 35.5. The second-order valence-corrected chi connectivity index (χ2v) is 5.42. The van der Waals surface area contributed by atoms with Crippen molar-refractivity contribution in [1.82, 2.24) is 14.8 Å². The first-order chi connectivity index (χ1) is 10.6. The average molecular weight is 337 g/mol. The summed E-state index contributed by atoms with van der Waals surface area (Å²) in [7, 11) is 0. The van der Waals surface area contributed by atoms with Crippen LogP contribution in [-0.4, -0.2) is 14.8 Å². The van der Waals surface area contributed by atoms with E-state index in [1.165, 1.54) is 18.5 Å². The highest BCUT2D eigenvalue weighted by Gasteiger charge is 2.10. The summed E-state index contributed by atoms with van der Waals surface area (Å²) in [6, 6.07) is 12.8. The zero-order valence-electron chi connectivity index (χ0n) is 11.3. The van der Waals surface area contributed by atoms with Gasteiger partial charge in [-0.15, -0.1) is 0 Å². The first kappa shape index (κ1) is 14.8. The van der Waals surface area contributed by atoms with E-state index >= 15 is 0 Å². The summed E-state index contributed by atoms with van der Waals surface area (Å²) in [5.74, 6) is -0.123. The van der Waals surface area contributed by atoms with E-state index in [0.29, 0.717) is 18.2 Å². The minimum atomic E-state index is -0.639. The van der Waals surface area contributed by atoms with E-state index in [9.17, 15) is 4.39 Å². The quantitative estimate of drug-likeness (QED) is 0.712. The van der Waals surface area contributed by atoms with E-state index in [4.69, 9.17) is 23.2 Å². The van der Waals surface area contributed by atoms with Crippen LogP contribution < -0.4 is 5.32 Å². The van der Waals surface area contributed by atoms with Gasteiger partial charge in [0.2, 0.25) is 5.95 Å². The van der Waals surface area contributed by atoms with Crippen LogP contribution in [0.2, 0.25) is 10.0 Å². The van der Waals surface area contributed by atoms with E-state index in [1.807, 2.05) is 30.3 Å². The number of hydrogen-bond donors (Lipinski definition) is 1. The van der Waals surface area contributed by atoms with Crippen LogP contribution in [0.25, 0.3) is 0 Å². The summed E-state index contributed by atoms with van der Waals surface area (Å²) in [6.45, 7) is 0.561. The number of hydrogen-bond acceptors (Lipinski definition) is 3. The number of nitrogens with zero attached hydrogens (tertiary/aromatic N) is 3. The van der Waals surface area contributed by atoms with Gasteiger partial charge in [-0.05, 0) is 17.7 Å². The molecule has 7 heteroatoms. The third-order valence-electron chi connectivity index (χ3n) is 3.03. The molecule has 0 spiro atoms.